The van der Waals surface area contributed by atoms with E-state index in [1.54, 1.807) is 54.6 Å². The molecule has 7 nitrogen and oxygen atoms in total. The first-order valence-corrected chi connectivity index (χ1v) is 9.96. The van der Waals surface area contributed by atoms with Crippen molar-refractivity contribution in [3.05, 3.63) is 90.0 Å². The molecule has 0 atom stereocenters. The second-order valence-corrected chi connectivity index (χ2v) is 7.37. The number of carbonyl (C=O) groups excluding carboxylic acids is 1. The molecule has 0 aliphatic carbocycles. The minimum atomic E-state index is -3.99. The van der Waals surface area contributed by atoms with Crippen LogP contribution in [0.2, 0.25) is 0 Å². The molecule has 0 saturated heterocycles. The van der Waals surface area contributed by atoms with Crippen LogP contribution in [0.1, 0.15) is 15.9 Å². The van der Waals surface area contributed by atoms with Gasteiger partial charge in [-0.15, -0.1) is 0 Å². The highest BCUT2D eigenvalue weighted by atomic mass is 32.2. The topological polar surface area (TPSA) is 94.1 Å². The summed E-state index contributed by atoms with van der Waals surface area (Å²) >= 11 is 0. The van der Waals surface area contributed by atoms with E-state index >= 15 is 0 Å². The maximum absolute atomic E-state index is 12.4. The van der Waals surface area contributed by atoms with E-state index in [4.69, 9.17) is 8.92 Å². The number of rotatable bonds is 7. The Kier molecular flexibility index (Phi) is 6.25. The van der Waals surface area contributed by atoms with Crippen LogP contribution in [0.4, 0.5) is 0 Å². The lowest BCUT2D eigenvalue weighted by molar-refractivity contribution is 0.0955. The Morgan fingerprint density at radius 1 is 0.931 bits per heavy atom. The van der Waals surface area contributed by atoms with E-state index in [2.05, 4.69) is 10.5 Å². The smallest absolute Gasteiger partial charge is 0.339 e. The number of nitrogens with one attached hydrogen (secondary N) is 1. The summed E-state index contributed by atoms with van der Waals surface area (Å²) in [5.74, 6) is -0.0904. The van der Waals surface area contributed by atoms with E-state index in [0.717, 1.165) is 0 Å². The zero-order valence-corrected chi connectivity index (χ0v) is 16.3. The fourth-order valence-electron chi connectivity index (χ4n) is 2.41. The first-order chi connectivity index (χ1) is 14.0. The summed E-state index contributed by atoms with van der Waals surface area (Å²) in [6.07, 6.45) is 1.42. The van der Waals surface area contributed by atoms with Gasteiger partial charge in [-0.1, -0.05) is 36.4 Å². The van der Waals surface area contributed by atoms with Crippen LogP contribution in [-0.4, -0.2) is 27.6 Å². The number of nitrogens with zero attached hydrogens (tertiary/aromatic N) is 1. The third-order valence-corrected chi connectivity index (χ3v) is 5.08. The molecule has 8 heteroatoms. The Morgan fingerprint density at radius 3 is 2.24 bits per heavy atom. The van der Waals surface area contributed by atoms with Crippen LogP contribution < -0.4 is 14.3 Å². The molecule has 148 valence electrons. The fourth-order valence-corrected chi connectivity index (χ4v) is 3.37. The summed E-state index contributed by atoms with van der Waals surface area (Å²) in [6.45, 7) is 0. The number of carbonyl (C=O) groups is 1. The van der Waals surface area contributed by atoms with Crippen molar-refractivity contribution in [1.29, 1.82) is 0 Å². The van der Waals surface area contributed by atoms with Crippen LogP contribution >= 0.6 is 0 Å². The van der Waals surface area contributed by atoms with Crippen molar-refractivity contribution in [2.45, 2.75) is 4.90 Å². The molecule has 3 aromatic rings. The van der Waals surface area contributed by atoms with Gasteiger partial charge in [-0.25, -0.2) is 5.43 Å². The first-order valence-electron chi connectivity index (χ1n) is 8.55. The number of hydrazone groups is 1. The lowest BCUT2D eigenvalue weighted by Gasteiger charge is -2.11. The summed E-state index contributed by atoms with van der Waals surface area (Å²) < 4.78 is 35.2. The minimum Gasteiger partial charge on any atom is -0.493 e. The van der Waals surface area contributed by atoms with Crippen molar-refractivity contribution in [2.75, 3.05) is 7.11 Å². The van der Waals surface area contributed by atoms with E-state index in [9.17, 15) is 13.2 Å². The second kappa shape index (κ2) is 9.03. The van der Waals surface area contributed by atoms with Crippen molar-refractivity contribution in [3.8, 4) is 11.5 Å². The molecule has 0 aromatic heterocycles. The average molecular weight is 410 g/mol. The van der Waals surface area contributed by atoms with Crippen molar-refractivity contribution < 1.29 is 22.1 Å². The molecule has 0 unspecified atom stereocenters. The molecular weight excluding hydrogens is 392 g/mol. The molecule has 0 spiro atoms. The third-order valence-electron chi connectivity index (χ3n) is 3.83. The van der Waals surface area contributed by atoms with Crippen molar-refractivity contribution in [3.63, 3.8) is 0 Å². The summed E-state index contributed by atoms with van der Waals surface area (Å²) in [5, 5.41) is 3.91. The standard InChI is InChI=1S/C21H18N2O5S/c1-27-20-14-16(15-22-23-21(24)17-8-4-2-5-9-17)12-13-19(20)28-29(25,26)18-10-6-3-7-11-18/h2-15H,1H3,(H,23,24). The molecule has 0 bridgehead atoms. The Balaban J connectivity index is 1.73. The van der Waals surface area contributed by atoms with Crippen molar-refractivity contribution in [2.24, 2.45) is 5.10 Å². The van der Waals surface area contributed by atoms with Crippen LogP contribution in [0, 0.1) is 0 Å². The largest absolute Gasteiger partial charge is 0.493 e. The molecule has 0 aliphatic heterocycles. The van der Waals surface area contributed by atoms with Gasteiger partial charge in [0.05, 0.1) is 13.3 Å². The number of ether oxygens (including phenoxy) is 1. The summed E-state index contributed by atoms with van der Waals surface area (Å²) in [5.41, 5.74) is 3.49. The maximum atomic E-state index is 12.4. The molecule has 3 aromatic carbocycles. The number of hydrogen-bond donors (Lipinski definition) is 1. The van der Waals surface area contributed by atoms with E-state index < -0.39 is 10.1 Å². The molecule has 1 N–H and O–H groups in total. The highest BCUT2D eigenvalue weighted by molar-refractivity contribution is 7.87. The normalized spacial score (nSPS) is 11.2. The molecular formula is C21H18N2O5S. The maximum Gasteiger partial charge on any atom is 0.339 e. The molecule has 0 radical (unpaired) electrons. The summed E-state index contributed by atoms with van der Waals surface area (Å²) in [6, 6.07) is 21.1. The zero-order valence-electron chi connectivity index (χ0n) is 15.5. The van der Waals surface area contributed by atoms with E-state index in [1.807, 2.05) is 6.07 Å². The van der Waals surface area contributed by atoms with Gasteiger partial charge in [0.15, 0.2) is 11.5 Å². The number of amides is 1. The molecule has 0 heterocycles. The van der Waals surface area contributed by atoms with E-state index in [0.29, 0.717) is 11.1 Å². The van der Waals surface area contributed by atoms with Crippen LogP contribution in [0.3, 0.4) is 0 Å². The monoisotopic (exact) mass is 410 g/mol. The Morgan fingerprint density at radius 2 is 1.59 bits per heavy atom. The van der Waals surface area contributed by atoms with Crippen LogP contribution in [0.15, 0.2) is 88.9 Å². The Labute approximate surface area is 168 Å². The minimum absolute atomic E-state index is 0.0383. The third kappa shape index (κ3) is 5.20. The Hall–Kier alpha value is -3.65. The lowest BCUT2D eigenvalue weighted by Crippen LogP contribution is -2.17. The highest BCUT2D eigenvalue weighted by Gasteiger charge is 2.18. The Bertz CT molecular complexity index is 1110. The van der Waals surface area contributed by atoms with Crippen molar-refractivity contribution >= 4 is 22.2 Å². The predicted molar refractivity (Wildman–Crippen MR) is 109 cm³/mol. The number of methoxy groups -OCH3 is 1. The number of benzene rings is 3. The molecule has 0 fully saturated rings. The zero-order chi connectivity index (χ0) is 20.7. The predicted octanol–water partition coefficient (Wildman–Crippen LogP) is 3.23. The van der Waals surface area contributed by atoms with Gasteiger partial charge in [-0.2, -0.15) is 13.5 Å². The van der Waals surface area contributed by atoms with E-state index in [1.165, 1.54) is 31.5 Å². The van der Waals surface area contributed by atoms with Gasteiger partial charge in [0.1, 0.15) is 4.90 Å². The second-order valence-electron chi connectivity index (χ2n) is 5.83. The highest BCUT2D eigenvalue weighted by Crippen LogP contribution is 2.30. The lowest BCUT2D eigenvalue weighted by atomic mass is 10.2. The average Bonchev–Trinajstić information content (AvgIpc) is 2.75. The van der Waals surface area contributed by atoms with Crippen LogP contribution in [-0.2, 0) is 10.1 Å². The van der Waals surface area contributed by atoms with Crippen LogP contribution in [0.25, 0.3) is 0 Å². The molecule has 0 aliphatic rings. The molecule has 29 heavy (non-hydrogen) atoms. The van der Waals surface area contributed by atoms with Gasteiger partial charge in [-0.3, -0.25) is 4.79 Å². The van der Waals surface area contributed by atoms with Crippen LogP contribution in [0.5, 0.6) is 11.5 Å². The number of hydrogen-bond acceptors (Lipinski definition) is 6. The molecule has 3 rings (SSSR count). The van der Waals surface area contributed by atoms with E-state index in [-0.39, 0.29) is 22.3 Å². The summed E-state index contributed by atoms with van der Waals surface area (Å²) in [7, 11) is -2.59. The van der Waals surface area contributed by atoms with Gasteiger partial charge in [0.2, 0.25) is 0 Å². The first kappa shape index (κ1) is 20.1. The quantitative estimate of drug-likeness (QED) is 0.367. The fraction of sp³-hybridized carbons (Fsp3) is 0.0476. The SMILES string of the molecule is COc1cc(C=NNC(=O)c2ccccc2)ccc1OS(=O)(=O)c1ccccc1. The van der Waals surface area contributed by atoms with Crippen molar-refractivity contribution in [1.82, 2.24) is 5.43 Å². The van der Waals surface area contributed by atoms with Gasteiger partial charge in [0, 0.05) is 5.56 Å². The van der Waals surface area contributed by atoms with Gasteiger partial charge in [0.25, 0.3) is 5.91 Å². The van der Waals surface area contributed by atoms with Gasteiger partial charge in [-0.05, 0) is 48.0 Å². The van der Waals surface area contributed by atoms with Gasteiger partial charge < -0.3 is 8.92 Å². The molecule has 1 amide bonds. The molecule has 0 saturated carbocycles. The summed E-state index contributed by atoms with van der Waals surface area (Å²) in [4.78, 5) is 12.0. The van der Waals surface area contributed by atoms with Gasteiger partial charge >= 0.3 is 10.1 Å².